The number of halogens is 2. The Bertz CT molecular complexity index is 1280. The summed E-state index contributed by atoms with van der Waals surface area (Å²) in [5.74, 6) is 0.455. The van der Waals surface area contributed by atoms with E-state index in [-0.39, 0.29) is 35.2 Å². The van der Waals surface area contributed by atoms with Gasteiger partial charge in [-0.1, -0.05) is 11.6 Å². The minimum Gasteiger partial charge on any atom is -0.389 e. The van der Waals surface area contributed by atoms with Crippen molar-refractivity contribution in [3.05, 3.63) is 35.0 Å². The average Bonchev–Trinajstić information content (AvgIpc) is 3.20. The monoisotopic (exact) mass is 519 g/mol. The zero-order valence-corrected chi connectivity index (χ0v) is 21.2. The highest BCUT2D eigenvalue weighted by Crippen LogP contribution is 2.34. The number of β-amino-alcohol motifs (C(OH)–C–C–N with tert-alkyl or cyclic N) is 1. The number of nitrogens with zero attached hydrogens (tertiary/aromatic N) is 5. The predicted octanol–water partition coefficient (Wildman–Crippen LogP) is 2.28. The number of rotatable bonds is 6. The van der Waals surface area contributed by atoms with E-state index in [1.165, 1.54) is 12.3 Å². The lowest BCUT2D eigenvalue weighted by molar-refractivity contribution is -0.142. The number of aliphatic hydroxyl groups excluding tert-OH is 1. The number of benzene rings is 1. The van der Waals surface area contributed by atoms with Gasteiger partial charge >= 0.3 is 0 Å². The van der Waals surface area contributed by atoms with Gasteiger partial charge in [0.2, 0.25) is 5.95 Å². The van der Waals surface area contributed by atoms with Crippen molar-refractivity contribution >= 4 is 28.6 Å². The number of anilines is 1. The molecular weight excluding hydrogens is 489 g/mol. The summed E-state index contributed by atoms with van der Waals surface area (Å²) in [6.45, 7) is 7.26. The fourth-order valence-corrected chi connectivity index (χ4v) is 5.14. The number of ether oxygens (including phenoxy) is 1. The van der Waals surface area contributed by atoms with Gasteiger partial charge in [-0.25, -0.2) is 19.3 Å². The van der Waals surface area contributed by atoms with E-state index in [1.807, 2.05) is 29.4 Å². The van der Waals surface area contributed by atoms with Crippen LogP contribution in [0.4, 0.5) is 10.3 Å². The van der Waals surface area contributed by atoms with E-state index in [0.717, 1.165) is 0 Å². The zero-order chi connectivity index (χ0) is 25.8. The summed E-state index contributed by atoms with van der Waals surface area (Å²) in [4.78, 5) is 15.3. The van der Waals surface area contributed by atoms with E-state index in [4.69, 9.17) is 22.1 Å². The van der Waals surface area contributed by atoms with Gasteiger partial charge in [-0.15, -0.1) is 0 Å². The molecule has 0 amide bonds. The number of nitrogens with one attached hydrogen (secondary N) is 1. The first-order chi connectivity index (χ1) is 17.0. The number of nitrogens with two attached hydrogens (primary N) is 1. The van der Waals surface area contributed by atoms with Gasteiger partial charge in [-0.2, -0.15) is 0 Å². The Hall–Kier alpha value is -2.41. The largest absolute Gasteiger partial charge is 0.389 e. The van der Waals surface area contributed by atoms with E-state index in [2.05, 4.69) is 20.3 Å². The molecule has 2 aromatic heterocycles. The summed E-state index contributed by atoms with van der Waals surface area (Å²) >= 11 is 6.44. The molecule has 5 rings (SSSR count). The molecule has 1 aromatic carbocycles. The number of aliphatic hydroxyl groups is 2. The van der Waals surface area contributed by atoms with Crippen LogP contribution in [0.1, 0.15) is 39.1 Å². The minimum absolute atomic E-state index is 0.00855. The number of likely N-dealkylation sites (tertiary alicyclic amines) is 1. The zero-order valence-electron chi connectivity index (χ0n) is 20.4. The van der Waals surface area contributed by atoms with Crippen molar-refractivity contribution in [3.63, 3.8) is 0 Å². The van der Waals surface area contributed by atoms with Crippen LogP contribution in [0.5, 0.6) is 0 Å². The molecule has 194 valence electrons. The van der Waals surface area contributed by atoms with Gasteiger partial charge in [-0.05, 0) is 39.3 Å². The quantitative estimate of drug-likeness (QED) is 0.387. The Morgan fingerprint density at radius 1 is 1.36 bits per heavy atom. The van der Waals surface area contributed by atoms with Gasteiger partial charge in [0.05, 0.1) is 53.9 Å². The summed E-state index contributed by atoms with van der Waals surface area (Å²) in [6, 6.07) is 2.92. The third-order valence-electron chi connectivity index (χ3n) is 6.89. The molecule has 0 bridgehead atoms. The number of imidazole rings is 1. The molecular formula is C24H31ClFN7O3. The summed E-state index contributed by atoms with van der Waals surface area (Å²) in [5.41, 5.74) is 6.87. The highest BCUT2D eigenvalue weighted by molar-refractivity contribution is 6.33. The molecule has 0 radical (unpaired) electrons. The van der Waals surface area contributed by atoms with Crippen LogP contribution >= 0.6 is 11.6 Å². The van der Waals surface area contributed by atoms with Crippen LogP contribution in [-0.2, 0) is 11.3 Å². The molecule has 2 saturated heterocycles. The number of hydrogen-bond acceptors (Lipinski definition) is 9. The molecule has 36 heavy (non-hydrogen) atoms. The van der Waals surface area contributed by atoms with Crippen molar-refractivity contribution in [3.8, 4) is 11.3 Å². The molecule has 2 aliphatic heterocycles. The lowest BCUT2D eigenvalue weighted by Gasteiger charge is -2.50. The Kier molecular flexibility index (Phi) is 6.64. The minimum atomic E-state index is -0.955. The van der Waals surface area contributed by atoms with Crippen LogP contribution in [0.15, 0.2) is 18.3 Å². The fraction of sp³-hybridized carbons (Fsp3) is 0.542. The maximum Gasteiger partial charge on any atom is 0.223 e. The first-order valence-electron chi connectivity index (χ1n) is 12.0. The SMILES string of the molecule is CC(C)n1c(CN2C[C@@](C)(O)[C@@H]2N)nc2c(F)cc(-c3nc(N[C@@H]4CCOC[C@H]4O)ncc3Cl)cc21. The van der Waals surface area contributed by atoms with E-state index >= 15 is 4.39 Å². The fourth-order valence-electron chi connectivity index (χ4n) is 4.94. The van der Waals surface area contributed by atoms with Crippen molar-refractivity contribution in [1.82, 2.24) is 24.4 Å². The third kappa shape index (κ3) is 4.55. The molecule has 0 aliphatic carbocycles. The molecule has 0 spiro atoms. The molecule has 0 saturated carbocycles. The molecule has 2 aliphatic rings. The van der Waals surface area contributed by atoms with E-state index in [0.29, 0.717) is 48.7 Å². The van der Waals surface area contributed by atoms with Crippen LogP contribution < -0.4 is 11.1 Å². The van der Waals surface area contributed by atoms with Crippen LogP contribution in [0.25, 0.3) is 22.3 Å². The summed E-state index contributed by atoms with van der Waals surface area (Å²) in [7, 11) is 0. The van der Waals surface area contributed by atoms with Gasteiger partial charge in [-0.3, -0.25) is 4.90 Å². The van der Waals surface area contributed by atoms with Gasteiger partial charge in [0.15, 0.2) is 5.82 Å². The van der Waals surface area contributed by atoms with Crippen molar-refractivity contribution in [1.29, 1.82) is 0 Å². The molecule has 4 heterocycles. The first-order valence-corrected chi connectivity index (χ1v) is 12.4. The van der Waals surface area contributed by atoms with Gasteiger partial charge < -0.3 is 30.6 Å². The van der Waals surface area contributed by atoms with Crippen LogP contribution in [-0.4, -0.2) is 78.3 Å². The highest BCUT2D eigenvalue weighted by atomic mass is 35.5. The van der Waals surface area contributed by atoms with Crippen LogP contribution in [0, 0.1) is 5.82 Å². The topological polar surface area (TPSA) is 135 Å². The molecule has 4 atom stereocenters. The van der Waals surface area contributed by atoms with Crippen molar-refractivity contribution in [2.75, 3.05) is 25.1 Å². The van der Waals surface area contributed by atoms with Crippen LogP contribution in [0.2, 0.25) is 5.02 Å². The molecule has 5 N–H and O–H groups in total. The Labute approximate surface area is 213 Å². The first kappa shape index (κ1) is 25.2. The van der Waals surface area contributed by atoms with Gasteiger partial charge in [0.1, 0.15) is 16.9 Å². The van der Waals surface area contributed by atoms with E-state index in [1.54, 1.807) is 6.92 Å². The van der Waals surface area contributed by atoms with Crippen molar-refractivity contribution in [2.45, 2.75) is 63.7 Å². The maximum atomic E-state index is 15.4. The lowest BCUT2D eigenvalue weighted by Crippen LogP contribution is -2.71. The lowest BCUT2D eigenvalue weighted by atomic mass is 9.92. The molecule has 0 unspecified atom stereocenters. The summed E-state index contributed by atoms with van der Waals surface area (Å²) in [5, 5.41) is 23.8. The second-order valence-corrected chi connectivity index (χ2v) is 10.5. The molecule has 12 heteroatoms. The van der Waals surface area contributed by atoms with Gasteiger partial charge in [0.25, 0.3) is 0 Å². The molecule has 10 nitrogen and oxygen atoms in total. The van der Waals surface area contributed by atoms with E-state index < -0.39 is 23.7 Å². The predicted molar refractivity (Wildman–Crippen MR) is 134 cm³/mol. The normalized spacial score (nSPS) is 27.0. The van der Waals surface area contributed by atoms with Crippen molar-refractivity contribution in [2.24, 2.45) is 5.73 Å². The number of hydrogen-bond donors (Lipinski definition) is 4. The average molecular weight is 520 g/mol. The van der Waals surface area contributed by atoms with Crippen molar-refractivity contribution < 1.29 is 19.3 Å². The third-order valence-corrected chi connectivity index (χ3v) is 7.17. The second-order valence-electron chi connectivity index (χ2n) is 10.1. The Balaban J connectivity index is 1.51. The summed E-state index contributed by atoms with van der Waals surface area (Å²) < 4.78 is 22.6. The molecule has 2 fully saturated rings. The Morgan fingerprint density at radius 2 is 2.14 bits per heavy atom. The van der Waals surface area contributed by atoms with Crippen LogP contribution in [0.3, 0.4) is 0 Å². The molecule has 3 aromatic rings. The highest BCUT2D eigenvalue weighted by Gasteiger charge is 2.46. The van der Waals surface area contributed by atoms with E-state index in [9.17, 15) is 10.2 Å². The standard InChI is InChI=1S/C24H31ClFN7O3/c1-12(2)33-17-7-13(6-15(26)21(17)30-19(33)9-32-11-24(3,35)22(32)27)20-14(25)8-28-23(31-20)29-16-4-5-36-10-18(16)34/h6-8,12,16,18,22,34-35H,4-5,9-11,27H2,1-3H3,(H,28,29,31)/t16-,18-,22-,24-/m1/s1. The number of fused-ring (bicyclic) bond motifs is 1. The smallest absolute Gasteiger partial charge is 0.223 e. The second kappa shape index (κ2) is 9.47. The summed E-state index contributed by atoms with van der Waals surface area (Å²) in [6.07, 6.45) is 0.869. The maximum absolute atomic E-state index is 15.4. The van der Waals surface area contributed by atoms with Gasteiger partial charge in [0, 0.05) is 24.8 Å². The Morgan fingerprint density at radius 3 is 2.81 bits per heavy atom. The number of aromatic nitrogens is 4.